The molecule has 0 spiro atoms. The Morgan fingerprint density at radius 2 is 2.00 bits per heavy atom. The summed E-state index contributed by atoms with van der Waals surface area (Å²) in [4.78, 5) is 1.21. The van der Waals surface area contributed by atoms with E-state index in [1.165, 1.54) is 4.80 Å². The quantitative estimate of drug-likeness (QED) is 0.865. The molecular weight excluding hydrogens is 246 g/mol. The lowest BCUT2D eigenvalue weighted by atomic mass is 10.2. The highest BCUT2D eigenvalue weighted by Crippen LogP contribution is 2.23. The van der Waals surface area contributed by atoms with Crippen molar-refractivity contribution in [3.05, 3.63) is 35.2 Å². The maximum absolute atomic E-state index is 13.5. The van der Waals surface area contributed by atoms with Gasteiger partial charge in [0.2, 0.25) is 5.82 Å². The van der Waals surface area contributed by atoms with Crippen molar-refractivity contribution in [3.63, 3.8) is 0 Å². The lowest BCUT2D eigenvalue weighted by Gasteiger charge is -2.07. The van der Waals surface area contributed by atoms with Gasteiger partial charge >= 0.3 is 0 Å². The zero-order chi connectivity index (χ0) is 13.1. The van der Waals surface area contributed by atoms with Crippen LogP contribution in [-0.2, 0) is 20.3 Å². The Kier molecular flexibility index (Phi) is 3.47. The Morgan fingerprint density at radius 1 is 1.33 bits per heavy atom. The van der Waals surface area contributed by atoms with Gasteiger partial charge in [-0.05, 0) is 22.9 Å². The molecule has 96 valence electrons. The van der Waals surface area contributed by atoms with Gasteiger partial charge in [-0.3, -0.25) is 0 Å². The minimum atomic E-state index is -0.886. The number of aromatic nitrogens is 4. The van der Waals surface area contributed by atoms with E-state index in [1.54, 1.807) is 7.05 Å². The molecule has 1 aromatic heterocycles. The van der Waals surface area contributed by atoms with Gasteiger partial charge in [0.25, 0.3) is 0 Å². The summed E-state index contributed by atoms with van der Waals surface area (Å²) in [6.07, 6.45) is 0. The van der Waals surface area contributed by atoms with Crippen LogP contribution in [0, 0.1) is 11.6 Å². The summed E-state index contributed by atoms with van der Waals surface area (Å²) in [5.41, 5.74) is 0.134. The molecule has 0 unspecified atom stereocenters. The van der Waals surface area contributed by atoms with Gasteiger partial charge in [-0.1, -0.05) is 0 Å². The van der Waals surface area contributed by atoms with E-state index in [0.29, 0.717) is 0 Å². The summed E-state index contributed by atoms with van der Waals surface area (Å²) < 4.78 is 31.9. The fraction of sp³-hybridized carbons (Fsp3) is 0.300. The van der Waals surface area contributed by atoms with Crippen LogP contribution in [0.1, 0.15) is 11.4 Å². The van der Waals surface area contributed by atoms with E-state index in [-0.39, 0.29) is 18.0 Å². The summed E-state index contributed by atoms with van der Waals surface area (Å²) in [7, 11) is 1.56. The standard InChI is InChI=1S/C10H10F2N4O2/c1-16-14-9(13-15-16)5-18-10-7(11)2-6(4-17)3-8(10)12/h2-3,17H,4-5H2,1H3. The number of hydrogen-bond donors (Lipinski definition) is 1. The van der Waals surface area contributed by atoms with Gasteiger partial charge in [0, 0.05) is 0 Å². The summed E-state index contributed by atoms with van der Waals surface area (Å²) in [6, 6.07) is 2.00. The highest BCUT2D eigenvalue weighted by molar-refractivity contribution is 5.31. The van der Waals surface area contributed by atoms with E-state index in [2.05, 4.69) is 15.4 Å². The number of tetrazole rings is 1. The lowest BCUT2D eigenvalue weighted by molar-refractivity contribution is 0.260. The van der Waals surface area contributed by atoms with Crippen LogP contribution >= 0.6 is 0 Å². The molecule has 0 fully saturated rings. The second-order valence-electron chi connectivity index (χ2n) is 3.53. The average Bonchev–Trinajstić information content (AvgIpc) is 2.73. The van der Waals surface area contributed by atoms with Crippen molar-refractivity contribution < 1.29 is 18.6 Å². The minimum absolute atomic E-state index is 0.134. The Hall–Kier alpha value is -2.09. The predicted octanol–water partition coefficient (Wildman–Crippen LogP) is 0.560. The highest BCUT2D eigenvalue weighted by Gasteiger charge is 2.13. The first-order valence-corrected chi connectivity index (χ1v) is 5.04. The molecule has 0 bridgehead atoms. The van der Waals surface area contributed by atoms with E-state index in [4.69, 9.17) is 9.84 Å². The number of benzene rings is 1. The molecule has 0 atom stereocenters. The van der Waals surface area contributed by atoms with E-state index >= 15 is 0 Å². The third-order valence-electron chi connectivity index (χ3n) is 2.14. The maximum atomic E-state index is 13.5. The van der Waals surface area contributed by atoms with Crippen molar-refractivity contribution in [3.8, 4) is 5.75 Å². The number of aliphatic hydroxyl groups excluding tert-OH is 1. The van der Waals surface area contributed by atoms with Gasteiger partial charge in [0.15, 0.2) is 24.0 Å². The van der Waals surface area contributed by atoms with E-state index in [0.717, 1.165) is 12.1 Å². The first kappa shape index (κ1) is 12.4. The van der Waals surface area contributed by atoms with Crippen molar-refractivity contribution in [1.29, 1.82) is 0 Å². The van der Waals surface area contributed by atoms with Crippen LogP contribution in [0.2, 0.25) is 0 Å². The van der Waals surface area contributed by atoms with E-state index in [1.807, 2.05) is 0 Å². The number of hydrogen-bond acceptors (Lipinski definition) is 5. The van der Waals surface area contributed by atoms with Crippen molar-refractivity contribution in [1.82, 2.24) is 20.2 Å². The van der Waals surface area contributed by atoms with Crippen molar-refractivity contribution in [2.45, 2.75) is 13.2 Å². The molecule has 0 saturated heterocycles. The van der Waals surface area contributed by atoms with Gasteiger partial charge in [0.1, 0.15) is 0 Å². The highest BCUT2D eigenvalue weighted by atomic mass is 19.1. The Balaban J connectivity index is 2.14. The molecular formula is C10H10F2N4O2. The average molecular weight is 256 g/mol. The van der Waals surface area contributed by atoms with Gasteiger partial charge in [-0.25, -0.2) is 8.78 Å². The van der Waals surface area contributed by atoms with Gasteiger partial charge in [-0.2, -0.15) is 4.80 Å². The van der Waals surface area contributed by atoms with Crippen LogP contribution in [0.15, 0.2) is 12.1 Å². The second kappa shape index (κ2) is 5.05. The molecule has 2 rings (SSSR count). The number of ether oxygens (including phenoxy) is 1. The van der Waals surface area contributed by atoms with E-state index < -0.39 is 24.0 Å². The maximum Gasteiger partial charge on any atom is 0.212 e. The zero-order valence-corrected chi connectivity index (χ0v) is 9.47. The first-order valence-electron chi connectivity index (χ1n) is 5.04. The molecule has 1 heterocycles. The number of halogens is 2. The molecule has 0 aliphatic carbocycles. The Morgan fingerprint density at radius 3 is 2.50 bits per heavy atom. The smallest absolute Gasteiger partial charge is 0.212 e. The van der Waals surface area contributed by atoms with Crippen molar-refractivity contribution in [2.24, 2.45) is 7.05 Å². The van der Waals surface area contributed by atoms with Crippen LogP contribution in [0.4, 0.5) is 8.78 Å². The third-order valence-corrected chi connectivity index (χ3v) is 2.14. The molecule has 0 saturated carbocycles. The number of aryl methyl sites for hydroxylation is 1. The number of aliphatic hydroxyl groups is 1. The Bertz CT molecular complexity index is 536. The van der Waals surface area contributed by atoms with Gasteiger partial charge in [-0.15, -0.1) is 10.2 Å². The third kappa shape index (κ3) is 2.59. The van der Waals surface area contributed by atoms with Crippen LogP contribution in [0.25, 0.3) is 0 Å². The number of nitrogens with zero attached hydrogens (tertiary/aromatic N) is 4. The summed E-state index contributed by atoms with van der Waals surface area (Å²) in [6.45, 7) is -0.639. The normalized spacial score (nSPS) is 10.7. The Labute approximate surface area is 101 Å². The van der Waals surface area contributed by atoms with Crippen LogP contribution in [0.5, 0.6) is 5.75 Å². The van der Waals surface area contributed by atoms with Crippen LogP contribution in [-0.4, -0.2) is 25.3 Å². The molecule has 18 heavy (non-hydrogen) atoms. The van der Waals surface area contributed by atoms with Crippen molar-refractivity contribution in [2.75, 3.05) is 0 Å². The molecule has 0 radical (unpaired) electrons. The lowest BCUT2D eigenvalue weighted by Crippen LogP contribution is -2.03. The molecule has 6 nitrogen and oxygen atoms in total. The van der Waals surface area contributed by atoms with Gasteiger partial charge < -0.3 is 9.84 Å². The fourth-order valence-electron chi connectivity index (χ4n) is 1.36. The molecule has 0 amide bonds. The second-order valence-corrected chi connectivity index (χ2v) is 3.53. The van der Waals surface area contributed by atoms with Crippen LogP contribution in [0.3, 0.4) is 0 Å². The molecule has 0 aliphatic rings. The zero-order valence-electron chi connectivity index (χ0n) is 9.47. The van der Waals surface area contributed by atoms with Gasteiger partial charge in [0.05, 0.1) is 13.7 Å². The van der Waals surface area contributed by atoms with Crippen molar-refractivity contribution >= 4 is 0 Å². The molecule has 1 N–H and O–H groups in total. The summed E-state index contributed by atoms with van der Waals surface area (Å²) in [5.74, 6) is -2.09. The first-order chi connectivity index (χ1) is 8.60. The number of rotatable bonds is 4. The monoisotopic (exact) mass is 256 g/mol. The molecule has 2 aromatic rings. The minimum Gasteiger partial charge on any atom is -0.479 e. The topological polar surface area (TPSA) is 73.1 Å². The largest absolute Gasteiger partial charge is 0.479 e. The fourth-order valence-corrected chi connectivity index (χ4v) is 1.36. The van der Waals surface area contributed by atoms with Crippen LogP contribution < -0.4 is 4.74 Å². The molecule has 8 heteroatoms. The molecule has 0 aliphatic heterocycles. The SMILES string of the molecule is Cn1nnc(COc2c(F)cc(CO)cc2F)n1. The van der Waals surface area contributed by atoms with E-state index in [9.17, 15) is 8.78 Å². The summed E-state index contributed by atoms with van der Waals surface area (Å²) >= 11 is 0. The summed E-state index contributed by atoms with van der Waals surface area (Å²) in [5, 5.41) is 19.8. The predicted molar refractivity (Wildman–Crippen MR) is 55.4 cm³/mol. The molecule has 1 aromatic carbocycles.